The van der Waals surface area contributed by atoms with Crippen LogP contribution in [0.2, 0.25) is 21.8 Å². The highest BCUT2D eigenvalue weighted by Gasteiger charge is 2.46. The molecule has 2 bridgehead atoms. The van der Waals surface area contributed by atoms with Crippen molar-refractivity contribution in [1.29, 1.82) is 0 Å². The van der Waals surface area contributed by atoms with Gasteiger partial charge in [-0.25, -0.2) is 18.6 Å². The lowest BCUT2D eigenvalue weighted by molar-refractivity contribution is 0.0122. The number of rotatable bonds is 7. The topological polar surface area (TPSA) is 83.9 Å². The van der Waals surface area contributed by atoms with Crippen LogP contribution in [0.15, 0.2) is 11.9 Å². The van der Waals surface area contributed by atoms with Crippen molar-refractivity contribution in [2.75, 3.05) is 44.7 Å². The van der Waals surface area contributed by atoms with Crippen LogP contribution in [0.4, 0.5) is 19.4 Å². The molecule has 0 spiro atoms. The van der Waals surface area contributed by atoms with Crippen LogP contribution in [0.3, 0.4) is 0 Å². The molecule has 0 radical (unpaired) electrons. The minimum atomic E-state index is -2.22. The number of anilines is 1. The van der Waals surface area contributed by atoms with E-state index in [1.165, 1.54) is 0 Å². The van der Waals surface area contributed by atoms with Crippen molar-refractivity contribution in [2.24, 2.45) is 5.41 Å². The highest BCUT2D eigenvalue weighted by atomic mass is 35.5. The Morgan fingerprint density at radius 1 is 1.08 bits per heavy atom. The molecule has 2 aromatic heterocycles. The second-order valence-corrected chi connectivity index (χ2v) is 22.9. The molecule has 3 aliphatic rings. The number of amides is 1. The van der Waals surface area contributed by atoms with Gasteiger partial charge in [-0.1, -0.05) is 66.0 Å². The van der Waals surface area contributed by atoms with Gasteiger partial charge in [0.15, 0.2) is 11.0 Å². The average Bonchev–Trinajstić information content (AvgIpc) is 3.30. The lowest BCUT2D eigenvalue weighted by atomic mass is 9.78. The van der Waals surface area contributed by atoms with Gasteiger partial charge in [0.05, 0.1) is 23.8 Å². The van der Waals surface area contributed by atoms with Crippen molar-refractivity contribution >= 4 is 42.5 Å². The van der Waals surface area contributed by atoms with Gasteiger partial charge in [0.25, 0.3) is 0 Å². The maximum absolute atomic E-state index is 16.2. The smallest absolute Gasteiger partial charge is 0.410 e. The van der Waals surface area contributed by atoms with Crippen molar-refractivity contribution in [3.05, 3.63) is 28.6 Å². The summed E-state index contributed by atoms with van der Waals surface area (Å²) >= 11 is 6.49. The predicted molar refractivity (Wildman–Crippen MR) is 202 cm³/mol. The van der Waals surface area contributed by atoms with E-state index in [0.29, 0.717) is 71.5 Å². The summed E-state index contributed by atoms with van der Waals surface area (Å²) in [5, 5.41) is 0.0422. The predicted octanol–water partition coefficient (Wildman–Crippen LogP) is 8.55. The first-order valence-electron chi connectivity index (χ1n) is 18.3. The van der Waals surface area contributed by atoms with Crippen LogP contribution in [0, 0.1) is 22.7 Å². The monoisotopic (exact) mass is 744 g/mol. The van der Waals surface area contributed by atoms with E-state index in [2.05, 4.69) is 72.8 Å². The third kappa shape index (κ3) is 7.72. The molecule has 280 valence electrons. The van der Waals surface area contributed by atoms with Gasteiger partial charge in [-0.3, -0.25) is 4.90 Å². The van der Waals surface area contributed by atoms with Crippen molar-refractivity contribution in [3.63, 3.8) is 0 Å². The number of hydrogen-bond donors (Lipinski definition) is 0. The van der Waals surface area contributed by atoms with Gasteiger partial charge in [-0.2, -0.15) is 9.97 Å². The number of piperidine rings is 1. The van der Waals surface area contributed by atoms with E-state index in [0.717, 1.165) is 19.4 Å². The van der Waals surface area contributed by atoms with Gasteiger partial charge in [0.1, 0.15) is 37.3 Å². The second kappa shape index (κ2) is 14.8. The number of likely N-dealkylation sites (tertiary alicyclic amines) is 1. The van der Waals surface area contributed by atoms with Gasteiger partial charge in [-0.15, -0.1) is 5.54 Å². The first-order chi connectivity index (χ1) is 23.8. The number of pyridine rings is 1. The molecule has 0 N–H and O–H groups in total. The summed E-state index contributed by atoms with van der Waals surface area (Å²) in [6, 6.07) is -0.309. The zero-order chi connectivity index (χ0) is 37.6. The number of carbonyl (C=O) groups is 1. The molecular formula is C38H55ClF2N6O3Si. The summed E-state index contributed by atoms with van der Waals surface area (Å²) in [6.45, 7) is 23.2. The van der Waals surface area contributed by atoms with Crippen LogP contribution in [0.5, 0.6) is 6.01 Å². The van der Waals surface area contributed by atoms with E-state index in [9.17, 15) is 9.18 Å². The molecule has 3 fully saturated rings. The van der Waals surface area contributed by atoms with Crippen molar-refractivity contribution < 1.29 is 23.0 Å². The standard InChI is InChI=1S/C38H55ClF2N6O3Si/c1-23(2)51(24(3)4,25(5)6)17-15-29-30-32(31(41)33(39)42-29)43-35(49-22-38(10)21-45(11)16-14-26(38)18-40)44-34(30)46-19-27-12-13-28(20-46)47(27)36(48)50-37(7,8)9/h18,23-25,27-28H,12-14,16,19-22H2,1-11H3/b26-18+/t27-,28+,38-/m0/s1. The van der Waals surface area contributed by atoms with Crippen molar-refractivity contribution in [1.82, 2.24) is 24.8 Å². The van der Waals surface area contributed by atoms with E-state index >= 15 is 4.39 Å². The molecule has 5 heterocycles. The minimum Gasteiger partial charge on any atom is -0.462 e. The molecule has 5 rings (SSSR count). The third-order valence-electron chi connectivity index (χ3n) is 11.2. The molecule has 1 amide bonds. The van der Waals surface area contributed by atoms with E-state index < -0.39 is 24.9 Å². The Labute approximate surface area is 308 Å². The third-order valence-corrected chi connectivity index (χ3v) is 17.7. The summed E-state index contributed by atoms with van der Waals surface area (Å²) in [5.41, 5.74) is 4.49. The second-order valence-electron chi connectivity index (χ2n) is 16.9. The Balaban J connectivity index is 1.65. The molecule has 0 saturated carbocycles. The van der Waals surface area contributed by atoms with Crippen molar-refractivity contribution in [2.45, 2.75) is 123 Å². The summed E-state index contributed by atoms with van der Waals surface area (Å²) in [7, 11) is -0.230. The molecule has 51 heavy (non-hydrogen) atoms. The first-order valence-corrected chi connectivity index (χ1v) is 20.9. The number of carbonyl (C=O) groups excluding carboxylic acids is 1. The molecule has 0 unspecified atom stereocenters. The van der Waals surface area contributed by atoms with Gasteiger partial charge in [-0.05, 0) is 69.3 Å². The van der Waals surface area contributed by atoms with Gasteiger partial charge in [0, 0.05) is 31.6 Å². The van der Waals surface area contributed by atoms with Crippen molar-refractivity contribution in [3.8, 4) is 17.5 Å². The molecule has 13 heteroatoms. The fourth-order valence-corrected chi connectivity index (χ4v) is 14.1. The number of ether oxygens (including phenoxy) is 2. The fraction of sp³-hybridized carbons (Fsp3) is 0.684. The van der Waals surface area contributed by atoms with E-state index in [1.807, 2.05) is 39.6 Å². The van der Waals surface area contributed by atoms with E-state index in [1.54, 1.807) is 0 Å². The molecule has 3 aliphatic heterocycles. The lowest BCUT2D eigenvalue weighted by Gasteiger charge is -2.42. The molecule has 0 aromatic carbocycles. The van der Waals surface area contributed by atoms with Crippen LogP contribution < -0.4 is 9.64 Å². The van der Waals surface area contributed by atoms with Crippen LogP contribution in [0.1, 0.15) is 94.2 Å². The van der Waals surface area contributed by atoms with Gasteiger partial charge < -0.3 is 19.3 Å². The SMILES string of the molecule is CC(C)[Si](C#Cc1nc(Cl)c(F)c2nc(OC[C@]3(C)CN(C)CC/C3=C\F)nc(N3C[C@H]4CC[C@@H](C3)N4C(=O)OC(C)(C)C)c12)(C(C)C)C(C)C. The molecular weight excluding hydrogens is 690 g/mol. The van der Waals surface area contributed by atoms with E-state index in [4.69, 9.17) is 26.1 Å². The van der Waals surface area contributed by atoms with Gasteiger partial charge >= 0.3 is 12.1 Å². The molecule has 2 aromatic rings. The summed E-state index contributed by atoms with van der Waals surface area (Å²) in [5.74, 6) is 3.05. The Bertz CT molecular complexity index is 1700. The zero-order valence-corrected chi connectivity index (χ0v) is 33.9. The lowest BCUT2D eigenvalue weighted by Crippen LogP contribution is -2.57. The summed E-state index contributed by atoms with van der Waals surface area (Å²) < 4.78 is 42.3. The highest BCUT2D eigenvalue weighted by molar-refractivity contribution is 6.90. The maximum Gasteiger partial charge on any atom is 0.410 e. The summed E-state index contributed by atoms with van der Waals surface area (Å²) in [6.07, 6.45) is 2.51. The van der Waals surface area contributed by atoms with E-state index in [-0.39, 0.29) is 41.5 Å². The average molecular weight is 745 g/mol. The van der Waals surface area contributed by atoms with Crippen LogP contribution >= 0.6 is 11.6 Å². The van der Waals surface area contributed by atoms with Crippen LogP contribution in [0.25, 0.3) is 10.9 Å². The normalized spacial score (nSPS) is 23.8. The zero-order valence-electron chi connectivity index (χ0n) is 32.2. The van der Waals surface area contributed by atoms with Crippen LogP contribution in [-0.4, -0.2) is 96.4 Å². The number of nitrogens with zero attached hydrogens (tertiary/aromatic N) is 6. The number of piperazine rings is 1. The number of fused-ring (bicyclic) bond motifs is 3. The minimum absolute atomic E-state index is 0.0284. The largest absolute Gasteiger partial charge is 0.462 e. The number of halogens is 3. The number of hydrogen-bond acceptors (Lipinski definition) is 8. The maximum atomic E-state index is 16.2. The highest BCUT2D eigenvalue weighted by Crippen LogP contribution is 2.42. The Kier molecular flexibility index (Phi) is 11.4. The molecule has 3 atom stereocenters. The Morgan fingerprint density at radius 2 is 1.69 bits per heavy atom. The Hall–Kier alpha value is -3.01. The molecule has 3 saturated heterocycles. The fourth-order valence-electron chi connectivity index (χ4n) is 8.72. The van der Waals surface area contributed by atoms with Gasteiger partial charge in [0.2, 0.25) is 0 Å². The first kappa shape index (κ1) is 39.2. The Morgan fingerprint density at radius 3 is 2.24 bits per heavy atom. The molecule has 9 nitrogen and oxygen atoms in total. The van der Waals surface area contributed by atoms with Crippen LogP contribution in [-0.2, 0) is 4.74 Å². The number of aromatic nitrogens is 3. The molecule has 0 aliphatic carbocycles. The summed E-state index contributed by atoms with van der Waals surface area (Å²) in [4.78, 5) is 33.4. The quantitative estimate of drug-likeness (QED) is 0.159.